The topological polar surface area (TPSA) is 26.3 Å². The molecule has 1 fully saturated rings. The molecule has 4 unspecified atom stereocenters. The number of hydrogen-bond donors (Lipinski definition) is 0. The molecule has 2 nitrogen and oxygen atoms in total. The summed E-state index contributed by atoms with van der Waals surface area (Å²) in [5.74, 6) is 1.10. The van der Waals surface area contributed by atoms with E-state index in [4.69, 9.17) is 4.74 Å². The number of hydrogen-bond acceptors (Lipinski definition) is 2. The van der Waals surface area contributed by atoms with E-state index in [9.17, 15) is 4.79 Å². The lowest BCUT2D eigenvalue weighted by molar-refractivity contribution is -0.154. The Bertz CT molecular complexity index is 463. The van der Waals surface area contributed by atoms with Gasteiger partial charge >= 0.3 is 5.97 Å². The third kappa shape index (κ3) is 2.07. The lowest BCUT2D eigenvalue weighted by atomic mass is 9.94. The quantitative estimate of drug-likeness (QED) is 0.599. The monoisotopic (exact) mass is 242 g/mol. The average molecular weight is 242 g/mol. The van der Waals surface area contributed by atoms with Crippen molar-refractivity contribution >= 4 is 5.97 Å². The van der Waals surface area contributed by atoms with E-state index < -0.39 is 0 Å². The van der Waals surface area contributed by atoms with E-state index in [1.807, 2.05) is 37.3 Å². The zero-order valence-electron chi connectivity index (χ0n) is 10.6. The predicted octanol–water partition coefficient (Wildman–Crippen LogP) is 3.50. The smallest absolute Gasteiger partial charge is 0.310 e. The van der Waals surface area contributed by atoms with Gasteiger partial charge in [-0.3, -0.25) is 4.79 Å². The first-order valence-electron chi connectivity index (χ1n) is 6.68. The standard InChI is InChI=1S/C16H18O2/c1-11(13-5-3-2-4-6-13)18-16(17)15-10-12-7-8-14(15)9-12/h2-8,11-12,14-15H,9-10H2,1H3. The van der Waals surface area contributed by atoms with E-state index in [-0.39, 0.29) is 18.0 Å². The Morgan fingerprint density at radius 3 is 2.61 bits per heavy atom. The molecule has 94 valence electrons. The minimum atomic E-state index is -0.151. The SMILES string of the molecule is CC(OC(=O)C1CC2C=CC1C2)c1ccccc1. The molecule has 2 aliphatic rings. The van der Waals surface area contributed by atoms with Crippen LogP contribution in [0.2, 0.25) is 0 Å². The minimum absolute atomic E-state index is 0.0248. The maximum absolute atomic E-state index is 12.2. The summed E-state index contributed by atoms with van der Waals surface area (Å²) in [7, 11) is 0. The number of ether oxygens (including phenoxy) is 1. The summed E-state index contributed by atoms with van der Waals surface area (Å²) in [4.78, 5) is 12.2. The molecule has 2 bridgehead atoms. The van der Waals surface area contributed by atoms with Crippen molar-refractivity contribution in [3.8, 4) is 0 Å². The van der Waals surface area contributed by atoms with Crippen molar-refractivity contribution in [2.24, 2.45) is 17.8 Å². The molecule has 1 aromatic carbocycles. The van der Waals surface area contributed by atoms with Crippen LogP contribution in [-0.4, -0.2) is 5.97 Å². The largest absolute Gasteiger partial charge is 0.458 e. The first-order chi connectivity index (χ1) is 8.74. The first kappa shape index (κ1) is 11.5. The van der Waals surface area contributed by atoms with Gasteiger partial charge in [-0.15, -0.1) is 0 Å². The molecule has 0 radical (unpaired) electrons. The number of esters is 1. The summed E-state index contributed by atoms with van der Waals surface area (Å²) < 4.78 is 5.60. The Kier molecular flexibility index (Phi) is 2.94. The van der Waals surface area contributed by atoms with Crippen LogP contribution in [0.3, 0.4) is 0 Å². The van der Waals surface area contributed by atoms with Crippen LogP contribution in [-0.2, 0) is 9.53 Å². The number of carbonyl (C=O) groups excluding carboxylic acids is 1. The number of allylic oxidation sites excluding steroid dienone is 2. The maximum Gasteiger partial charge on any atom is 0.310 e. The van der Waals surface area contributed by atoms with E-state index in [1.165, 1.54) is 0 Å². The molecular formula is C16H18O2. The van der Waals surface area contributed by atoms with Gasteiger partial charge in [0.15, 0.2) is 0 Å². The molecule has 18 heavy (non-hydrogen) atoms. The number of carbonyl (C=O) groups is 1. The van der Waals surface area contributed by atoms with Gasteiger partial charge < -0.3 is 4.74 Å². The van der Waals surface area contributed by atoms with Crippen molar-refractivity contribution in [3.05, 3.63) is 48.0 Å². The van der Waals surface area contributed by atoms with Gasteiger partial charge in [0, 0.05) is 0 Å². The van der Waals surface area contributed by atoms with Crippen molar-refractivity contribution in [3.63, 3.8) is 0 Å². The summed E-state index contributed by atoms with van der Waals surface area (Å²) in [6.07, 6.45) is 6.39. The van der Waals surface area contributed by atoms with E-state index in [1.54, 1.807) is 0 Å². The molecular weight excluding hydrogens is 224 g/mol. The third-order valence-electron chi connectivity index (χ3n) is 4.14. The first-order valence-corrected chi connectivity index (χ1v) is 6.68. The summed E-state index contributed by atoms with van der Waals surface area (Å²) in [6, 6.07) is 9.91. The van der Waals surface area contributed by atoms with E-state index >= 15 is 0 Å². The van der Waals surface area contributed by atoms with Crippen molar-refractivity contribution in [2.75, 3.05) is 0 Å². The molecule has 0 heterocycles. The van der Waals surface area contributed by atoms with Gasteiger partial charge in [-0.25, -0.2) is 0 Å². The molecule has 2 aliphatic carbocycles. The zero-order chi connectivity index (χ0) is 12.5. The lowest BCUT2D eigenvalue weighted by Crippen LogP contribution is -2.22. The number of fused-ring (bicyclic) bond motifs is 2. The minimum Gasteiger partial charge on any atom is -0.458 e. The van der Waals surface area contributed by atoms with E-state index in [0.29, 0.717) is 11.8 Å². The van der Waals surface area contributed by atoms with Crippen LogP contribution in [0.15, 0.2) is 42.5 Å². The van der Waals surface area contributed by atoms with Gasteiger partial charge in [-0.1, -0.05) is 42.5 Å². The molecule has 0 amide bonds. The highest BCUT2D eigenvalue weighted by Crippen LogP contribution is 2.44. The number of benzene rings is 1. The predicted molar refractivity (Wildman–Crippen MR) is 69.8 cm³/mol. The molecule has 0 aliphatic heterocycles. The van der Waals surface area contributed by atoms with Crippen molar-refractivity contribution in [2.45, 2.75) is 25.9 Å². The molecule has 0 saturated heterocycles. The second-order valence-corrected chi connectivity index (χ2v) is 5.38. The maximum atomic E-state index is 12.2. The number of rotatable bonds is 3. The Balaban J connectivity index is 1.63. The van der Waals surface area contributed by atoms with Crippen LogP contribution in [0.4, 0.5) is 0 Å². The van der Waals surface area contributed by atoms with E-state index in [2.05, 4.69) is 12.2 Å². The van der Waals surface area contributed by atoms with Crippen LogP contribution >= 0.6 is 0 Å². The molecule has 3 rings (SSSR count). The Morgan fingerprint density at radius 1 is 1.22 bits per heavy atom. The zero-order valence-corrected chi connectivity index (χ0v) is 10.6. The highest BCUT2D eigenvalue weighted by Gasteiger charge is 2.41. The Morgan fingerprint density at radius 2 is 2.00 bits per heavy atom. The summed E-state index contributed by atoms with van der Waals surface area (Å²) in [5, 5.41) is 0. The van der Waals surface area contributed by atoms with Gasteiger partial charge in [-0.05, 0) is 37.2 Å². The summed E-state index contributed by atoms with van der Waals surface area (Å²) >= 11 is 0. The van der Waals surface area contributed by atoms with Crippen LogP contribution in [0, 0.1) is 17.8 Å². The second kappa shape index (κ2) is 4.60. The molecule has 0 N–H and O–H groups in total. The molecule has 0 aromatic heterocycles. The lowest BCUT2D eigenvalue weighted by Gasteiger charge is -2.20. The van der Waals surface area contributed by atoms with Crippen molar-refractivity contribution in [1.29, 1.82) is 0 Å². The average Bonchev–Trinajstić information content (AvgIpc) is 3.02. The molecule has 1 aromatic rings. The van der Waals surface area contributed by atoms with Crippen LogP contribution < -0.4 is 0 Å². The highest BCUT2D eigenvalue weighted by atomic mass is 16.5. The third-order valence-corrected chi connectivity index (χ3v) is 4.14. The van der Waals surface area contributed by atoms with Gasteiger partial charge in [-0.2, -0.15) is 0 Å². The Hall–Kier alpha value is -1.57. The van der Waals surface area contributed by atoms with Crippen LogP contribution in [0.25, 0.3) is 0 Å². The van der Waals surface area contributed by atoms with Gasteiger partial charge in [0.05, 0.1) is 5.92 Å². The summed E-state index contributed by atoms with van der Waals surface area (Å²) in [6.45, 7) is 1.94. The Labute approximate surface area is 108 Å². The van der Waals surface area contributed by atoms with Crippen LogP contribution in [0.1, 0.15) is 31.4 Å². The van der Waals surface area contributed by atoms with Gasteiger partial charge in [0.2, 0.25) is 0 Å². The van der Waals surface area contributed by atoms with Crippen molar-refractivity contribution < 1.29 is 9.53 Å². The normalized spacial score (nSPS) is 30.4. The van der Waals surface area contributed by atoms with Crippen molar-refractivity contribution in [1.82, 2.24) is 0 Å². The molecule has 2 heteroatoms. The summed E-state index contributed by atoms with van der Waals surface area (Å²) in [5.41, 5.74) is 1.06. The van der Waals surface area contributed by atoms with E-state index in [0.717, 1.165) is 18.4 Å². The molecule has 4 atom stereocenters. The fourth-order valence-electron chi connectivity index (χ4n) is 3.11. The molecule has 1 saturated carbocycles. The fraction of sp³-hybridized carbons (Fsp3) is 0.438. The fourth-order valence-corrected chi connectivity index (χ4v) is 3.11. The highest BCUT2D eigenvalue weighted by molar-refractivity contribution is 5.74. The second-order valence-electron chi connectivity index (χ2n) is 5.38. The van der Waals surface area contributed by atoms with Gasteiger partial charge in [0.1, 0.15) is 6.10 Å². The van der Waals surface area contributed by atoms with Gasteiger partial charge in [0.25, 0.3) is 0 Å². The van der Waals surface area contributed by atoms with Crippen LogP contribution in [0.5, 0.6) is 0 Å². The molecule has 0 spiro atoms.